The summed E-state index contributed by atoms with van der Waals surface area (Å²) in [5.74, 6) is 1.46. The SMILES string of the molecule is CNC(=O)N1CCC[C@@H]([C@H]2CC[C@H](C)CN2)C1. The molecule has 2 aliphatic heterocycles. The van der Waals surface area contributed by atoms with E-state index in [0.717, 1.165) is 32.0 Å². The lowest BCUT2D eigenvalue weighted by molar-refractivity contribution is 0.137. The minimum atomic E-state index is 0.0823. The molecule has 2 saturated heterocycles. The molecule has 0 unspecified atom stereocenters. The number of rotatable bonds is 1. The van der Waals surface area contributed by atoms with Gasteiger partial charge in [-0.3, -0.25) is 0 Å². The van der Waals surface area contributed by atoms with Crippen molar-refractivity contribution in [3.8, 4) is 0 Å². The number of piperidine rings is 2. The van der Waals surface area contributed by atoms with E-state index in [1.807, 2.05) is 4.90 Å². The van der Waals surface area contributed by atoms with Crippen LogP contribution in [0.1, 0.15) is 32.6 Å². The summed E-state index contributed by atoms with van der Waals surface area (Å²) in [5.41, 5.74) is 0. The fraction of sp³-hybridized carbons (Fsp3) is 0.923. The molecule has 3 atom stereocenters. The quantitative estimate of drug-likeness (QED) is 0.727. The molecular formula is C13H25N3O. The summed E-state index contributed by atoms with van der Waals surface area (Å²) >= 11 is 0. The minimum absolute atomic E-state index is 0.0823. The van der Waals surface area contributed by atoms with Crippen molar-refractivity contribution < 1.29 is 4.79 Å². The van der Waals surface area contributed by atoms with Gasteiger partial charge in [0.15, 0.2) is 0 Å². The van der Waals surface area contributed by atoms with E-state index in [0.29, 0.717) is 12.0 Å². The van der Waals surface area contributed by atoms with Crippen molar-refractivity contribution in [3.05, 3.63) is 0 Å². The Hall–Kier alpha value is -0.770. The fourth-order valence-electron chi connectivity index (χ4n) is 3.10. The van der Waals surface area contributed by atoms with Gasteiger partial charge in [0.05, 0.1) is 0 Å². The van der Waals surface area contributed by atoms with E-state index in [-0.39, 0.29) is 6.03 Å². The lowest BCUT2D eigenvalue weighted by Gasteiger charge is -2.39. The van der Waals surface area contributed by atoms with Crippen LogP contribution in [0.4, 0.5) is 4.79 Å². The van der Waals surface area contributed by atoms with Gasteiger partial charge in [-0.05, 0) is 44.1 Å². The van der Waals surface area contributed by atoms with E-state index < -0.39 is 0 Å². The molecule has 2 rings (SSSR count). The number of nitrogens with zero attached hydrogens (tertiary/aromatic N) is 1. The van der Waals surface area contributed by atoms with Gasteiger partial charge in [0.1, 0.15) is 0 Å². The van der Waals surface area contributed by atoms with E-state index in [9.17, 15) is 4.79 Å². The summed E-state index contributed by atoms with van der Waals surface area (Å²) in [7, 11) is 1.71. The number of carbonyl (C=O) groups excluding carboxylic acids is 1. The van der Waals surface area contributed by atoms with E-state index in [2.05, 4.69) is 17.6 Å². The second-order valence-electron chi connectivity index (χ2n) is 5.60. The van der Waals surface area contributed by atoms with Gasteiger partial charge in [-0.2, -0.15) is 0 Å². The molecule has 2 aliphatic rings. The van der Waals surface area contributed by atoms with Gasteiger partial charge < -0.3 is 15.5 Å². The van der Waals surface area contributed by atoms with Crippen LogP contribution >= 0.6 is 0 Å². The lowest BCUT2D eigenvalue weighted by atomic mass is 9.84. The first-order valence-corrected chi connectivity index (χ1v) is 6.90. The Morgan fingerprint density at radius 3 is 2.82 bits per heavy atom. The highest BCUT2D eigenvalue weighted by Crippen LogP contribution is 2.26. The molecule has 0 aromatic heterocycles. The zero-order valence-electron chi connectivity index (χ0n) is 11.0. The Labute approximate surface area is 104 Å². The highest BCUT2D eigenvalue weighted by atomic mass is 16.2. The number of amides is 2. The first-order chi connectivity index (χ1) is 8.20. The molecule has 2 N–H and O–H groups in total. The molecule has 0 spiro atoms. The number of carbonyl (C=O) groups is 1. The molecule has 0 aromatic carbocycles. The Kier molecular flexibility index (Phi) is 4.26. The summed E-state index contributed by atoms with van der Waals surface area (Å²) in [4.78, 5) is 13.6. The second kappa shape index (κ2) is 5.71. The van der Waals surface area contributed by atoms with Gasteiger partial charge in [0.2, 0.25) is 0 Å². The summed E-state index contributed by atoms with van der Waals surface area (Å²) in [6.07, 6.45) is 5.01. The van der Waals surface area contributed by atoms with Crippen LogP contribution in [-0.4, -0.2) is 43.7 Å². The maximum absolute atomic E-state index is 11.6. The zero-order chi connectivity index (χ0) is 12.3. The molecule has 4 nitrogen and oxygen atoms in total. The topological polar surface area (TPSA) is 44.4 Å². The second-order valence-corrected chi connectivity index (χ2v) is 5.60. The molecule has 0 bridgehead atoms. The minimum Gasteiger partial charge on any atom is -0.341 e. The third-order valence-corrected chi connectivity index (χ3v) is 4.23. The van der Waals surface area contributed by atoms with Crippen molar-refractivity contribution in [1.82, 2.24) is 15.5 Å². The zero-order valence-corrected chi connectivity index (χ0v) is 11.0. The number of likely N-dealkylation sites (tertiary alicyclic amines) is 1. The maximum atomic E-state index is 11.6. The molecule has 2 fully saturated rings. The Bertz CT molecular complexity index is 261. The largest absolute Gasteiger partial charge is 0.341 e. The van der Waals surface area contributed by atoms with Crippen molar-refractivity contribution in [2.24, 2.45) is 11.8 Å². The molecule has 98 valence electrons. The lowest BCUT2D eigenvalue weighted by Crippen LogP contribution is -2.51. The van der Waals surface area contributed by atoms with Crippen LogP contribution in [-0.2, 0) is 0 Å². The van der Waals surface area contributed by atoms with Gasteiger partial charge in [-0.1, -0.05) is 6.92 Å². The van der Waals surface area contributed by atoms with Crippen LogP contribution in [0.2, 0.25) is 0 Å². The smallest absolute Gasteiger partial charge is 0.317 e. The summed E-state index contributed by atoms with van der Waals surface area (Å²) in [5, 5.41) is 6.39. The third kappa shape index (κ3) is 3.12. The molecule has 4 heteroatoms. The number of nitrogens with one attached hydrogen (secondary N) is 2. The van der Waals surface area contributed by atoms with Crippen LogP contribution in [0.3, 0.4) is 0 Å². The van der Waals surface area contributed by atoms with Gasteiger partial charge in [-0.15, -0.1) is 0 Å². The average molecular weight is 239 g/mol. The van der Waals surface area contributed by atoms with Crippen molar-refractivity contribution in [1.29, 1.82) is 0 Å². The van der Waals surface area contributed by atoms with Crippen LogP contribution in [0.15, 0.2) is 0 Å². The van der Waals surface area contributed by atoms with Crippen LogP contribution in [0.5, 0.6) is 0 Å². The highest BCUT2D eigenvalue weighted by molar-refractivity contribution is 5.73. The molecule has 0 aromatic rings. The third-order valence-electron chi connectivity index (χ3n) is 4.23. The van der Waals surface area contributed by atoms with Crippen molar-refractivity contribution in [3.63, 3.8) is 0 Å². The molecule has 17 heavy (non-hydrogen) atoms. The van der Waals surface area contributed by atoms with Gasteiger partial charge >= 0.3 is 6.03 Å². The average Bonchev–Trinajstić information content (AvgIpc) is 2.39. The number of hydrogen-bond acceptors (Lipinski definition) is 2. The molecular weight excluding hydrogens is 214 g/mol. The predicted molar refractivity (Wildman–Crippen MR) is 68.9 cm³/mol. The normalized spacial score (nSPS) is 34.5. The monoisotopic (exact) mass is 239 g/mol. The van der Waals surface area contributed by atoms with Gasteiger partial charge in [0.25, 0.3) is 0 Å². The molecule has 0 saturated carbocycles. The van der Waals surface area contributed by atoms with Crippen LogP contribution in [0, 0.1) is 11.8 Å². The standard InChI is InChI=1S/C13H25N3O/c1-10-5-6-12(15-8-10)11-4-3-7-16(9-11)13(17)14-2/h10-12,15H,3-9H2,1-2H3,(H,14,17)/t10-,11+,12+/m0/s1. The Balaban J connectivity index is 1.86. The van der Waals surface area contributed by atoms with E-state index in [4.69, 9.17) is 0 Å². The van der Waals surface area contributed by atoms with Gasteiger partial charge in [0, 0.05) is 26.2 Å². The van der Waals surface area contributed by atoms with Crippen LogP contribution < -0.4 is 10.6 Å². The highest BCUT2D eigenvalue weighted by Gasteiger charge is 2.30. The first-order valence-electron chi connectivity index (χ1n) is 6.90. The molecule has 0 radical (unpaired) electrons. The van der Waals surface area contributed by atoms with Gasteiger partial charge in [-0.25, -0.2) is 4.79 Å². The van der Waals surface area contributed by atoms with Crippen LogP contribution in [0.25, 0.3) is 0 Å². The summed E-state index contributed by atoms with van der Waals surface area (Å²) in [6.45, 7) is 5.28. The molecule has 2 heterocycles. The fourth-order valence-corrected chi connectivity index (χ4v) is 3.10. The molecule has 0 aliphatic carbocycles. The Morgan fingerprint density at radius 2 is 2.18 bits per heavy atom. The summed E-state index contributed by atoms with van der Waals surface area (Å²) in [6, 6.07) is 0.706. The first kappa shape index (κ1) is 12.7. The number of hydrogen-bond donors (Lipinski definition) is 2. The van der Waals surface area contributed by atoms with Crippen molar-refractivity contribution in [2.75, 3.05) is 26.7 Å². The van der Waals surface area contributed by atoms with Crippen molar-refractivity contribution in [2.45, 2.75) is 38.6 Å². The molecule has 2 amide bonds. The van der Waals surface area contributed by atoms with Crippen molar-refractivity contribution >= 4 is 6.03 Å². The predicted octanol–water partition coefficient (Wildman–Crippen LogP) is 1.43. The van der Waals surface area contributed by atoms with E-state index >= 15 is 0 Å². The van der Waals surface area contributed by atoms with E-state index in [1.54, 1.807) is 7.05 Å². The Morgan fingerprint density at radius 1 is 1.35 bits per heavy atom. The number of urea groups is 1. The van der Waals surface area contributed by atoms with E-state index in [1.165, 1.54) is 19.3 Å². The summed E-state index contributed by atoms with van der Waals surface area (Å²) < 4.78 is 0. The maximum Gasteiger partial charge on any atom is 0.317 e.